The topological polar surface area (TPSA) is 70.7 Å². The van der Waals surface area contributed by atoms with Gasteiger partial charge in [-0.3, -0.25) is 0 Å². The van der Waals surface area contributed by atoms with Crippen LogP contribution in [0, 0.1) is 13.8 Å². The Morgan fingerprint density at radius 3 is 2.52 bits per heavy atom. The maximum atomic E-state index is 12.8. The monoisotopic (exact) mass is 405 g/mol. The van der Waals surface area contributed by atoms with Crippen molar-refractivity contribution in [3.8, 4) is 0 Å². The molecule has 8 heteroatoms. The van der Waals surface area contributed by atoms with Crippen LogP contribution in [0.4, 0.5) is 11.4 Å². The molecule has 0 saturated carbocycles. The summed E-state index contributed by atoms with van der Waals surface area (Å²) in [6, 6.07) is 12.6. The van der Waals surface area contributed by atoms with E-state index in [-0.39, 0.29) is 4.90 Å². The number of morpholine rings is 1. The molecule has 0 bridgehead atoms. The SMILES string of the molecule is Cc1cccc(NC(=S)Nc2cccc(S(=O)(=O)N3CCOCC3)c2)c1C. The normalized spacial score (nSPS) is 15.3. The number of benzene rings is 2. The highest BCUT2D eigenvalue weighted by Gasteiger charge is 2.26. The van der Waals surface area contributed by atoms with Crippen LogP contribution in [-0.2, 0) is 14.8 Å². The van der Waals surface area contributed by atoms with Crippen molar-refractivity contribution in [2.24, 2.45) is 0 Å². The van der Waals surface area contributed by atoms with Gasteiger partial charge < -0.3 is 15.4 Å². The van der Waals surface area contributed by atoms with Gasteiger partial charge in [-0.25, -0.2) is 8.42 Å². The van der Waals surface area contributed by atoms with E-state index in [1.807, 2.05) is 32.0 Å². The van der Waals surface area contributed by atoms with Gasteiger partial charge in [0.1, 0.15) is 0 Å². The average molecular weight is 406 g/mol. The van der Waals surface area contributed by atoms with E-state index in [1.165, 1.54) is 9.87 Å². The summed E-state index contributed by atoms with van der Waals surface area (Å²) in [5.41, 5.74) is 3.82. The summed E-state index contributed by atoms with van der Waals surface area (Å²) in [4.78, 5) is 0.240. The molecule has 2 N–H and O–H groups in total. The molecule has 1 heterocycles. The number of nitrogens with one attached hydrogen (secondary N) is 2. The molecule has 2 aromatic rings. The standard InChI is InChI=1S/C19H23N3O3S2/c1-14-5-3-8-18(15(14)2)21-19(26)20-16-6-4-7-17(13-16)27(23,24)22-9-11-25-12-10-22/h3-8,13H,9-12H2,1-2H3,(H2,20,21,26). The number of nitrogens with zero attached hydrogens (tertiary/aromatic N) is 1. The lowest BCUT2D eigenvalue weighted by Gasteiger charge is -2.26. The number of ether oxygens (including phenoxy) is 1. The van der Waals surface area contributed by atoms with Crippen molar-refractivity contribution in [1.82, 2.24) is 4.31 Å². The van der Waals surface area contributed by atoms with Gasteiger partial charge in [0.2, 0.25) is 10.0 Å². The Balaban J connectivity index is 1.73. The van der Waals surface area contributed by atoms with Crippen LogP contribution < -0.4 is 10.6 Å². The minimum atomic E-state index is -3.54. The molecule has 0 radical (unpaired) electrons. The highest BCUT2D eigenvalue weighted by atomic mass is 32.2. The highest BCUT2D eigenvalue weighted by molar-refractivity contribution is 7.89. The zero-order valence-corrected chi connectivity index (χ0v) is 17.0. The number of thiocarbonyl (C=S) groups is 1. The van der Waals surface area contributed by atoms with Crippen molar-refractivity contribution in [2.45, 2.75) is 18.7 Å². The van der Waals surface area contributed by atoms with E-state index in [0.717, 1.165) is 11.3 Å². The fourth-order valence-electron chi connectivity index (χ4n) is 2.84. The second kappa shape index (κ2) is 8.35. The molecule has 0 aliphatic carbocycles. The fourth-order valence-corrected chi connectivity index (χ4v) is 4.52. The first kappa shape index (κ1) is 19.8. The van der Waals surface area contributed by atoms with Crippen LogP contribution >= 0.6 is 12.2 Å². The van der Waals surface area contributed by atoms with Crippen LogP contribution in [0.3, 0.4) is 0 Å². The predicted molar refractivity (Wildman–Crippen MR) is 112 cm³/mol. The maximum absolute atomic E-state index is 12.8. The lowest BCUT2D eigenvalue weighted by atomic mass is 10.1. The summed E-state index contributed by atoms with van der Waals surface area (Å²) in [6.07, 6.45) is 0. The molecule has 0 spiro atoms. The quantitative estimate of drug-likeness (QED) is 0.762. The molecule has 2 aromatic carbocycles. The Bertz CT molecular complexity index is 939. The molecule has 3 rings (SSSR count). The van der Waals surface area contributed by atoms with Gasteiger partial charge in [-0.1, -0.05) is 18.2 Å². The van der Waals surface area contributed by atoms with Crippen LogP contribution in [0.1, 0.15) is 11.1 Å². The number of hydrogen-bond acceptors (Lipinski definition) is 4. The average Bonchev–Trinajstić information content (AvgIpc) is 2.66. The van der Waals surface area contributed by atoms with Crippen LogP contribution in [-0.4, -0.2) is 44.1 Å². The van der Waals surface area contributed by atoms with Crippen molar-refractivity contribution in [2.75, 3.05) is 36.9 Å². The molecule has 6 nitrogen and oxygen atoms in total. The van der Waals surface area contributed by atoms with Gasteiger partial charge in [-0.05, 0) is 61.5 Å². The molecule has 0 atom stereocenters. The lowest BCUT2D eigenvalue weighted by Crippen LogP contribution is -2.40. The lowest BCUT2D eigenvalue weighted by molar-refractivity contribution is 0.0730. The molecule has 27 heavy (non-hydrogen) atoms. The highest BCUT2D eigenvalue weighted by Crippen LogP contribution is 2.22. The van der Waals surface area contributed by atoms with E-state index in [9.17, 15) is 8.42 Å². The first-order valence-electron chi connectivity index (χ1n) is 8.70. The van der Waals surface area contributed by atoms with E-state index >= 15 is 0 Å². The number of hydrogen-bond donors (Lipinski definition) is 2. The van der Waals surface area contributed by atoms with Crippen molar-refractivity contribution >= 4 is 38.7 Å². The van der Waals surface area contributed by atoms with Gasteiger partial charge in [0.25, 0.3) is 0 Å². The summed E-state index contributed by atoms with van der Waals surface area (Å²) < 4.78 is 32.3. The summed E-state index contributed by atoms with van der Waals surface area (Å²) in [5.74, 6) is 0. The third-order valence-corrected chi connectivity index (χ3v) is 6.65. The van der Waals surface area contributed by atoms with Crippen LogP contribution in [0.5, 0.6) is 0 Å². The first-order chi connectivity index (χ1) is 12.9. The summed E-state index contributed by atoms with van der Waals surface area (Å²) in [5, 5.41) is 6.64. The van der Waals surface area contributed by atoms with Crippen LogP contribution in [0.15, 0.2) is 47.4 Å². The fraction of sp³-hybridized carbons (Fsp3) is 0.316. The van der Waals surface area contributed by atoms with E-state index in [1.54, 1.807) is 24.3 Å². The Hall–Kier alpha value is -2.00. The maximum Gasteiger partial charge on any atom is 0.243 e. The Labute approximate surface area is 165 Å². The number of anilines is 2. The largest absolute Gasteiger partial charge is 0.379 e. The third kappa shape index (κ3) is 4.65. The van der Waals surface area contributed by atoms with Crippen molar-refractivity contribution < 1.29 is 13.2 Å². The Kier molecular flexibility index (Phi) is 6.11. The van der Waals surface area contributed by atoms with Gasteiger partial charge in [-0.15, -0.1) is 0 Å². The van der Waals surface area contributed by atoms with Crippen molar-refractivity contribution in [3.05, 3.63) is 53.6 Å². The molecule has 1 saturated heterocycles. The Morgan fingerprint density at radius 1 is 1.07 bits per heavy atom. The Morgan fingerprint density at radius 2 is 1.78 bits per heavy atom. The van der Waals surface area contributed by atoms with Crippen LogP contribution in [0.2, 0.25) is 0 Å². The van der Waals surface area contributed by atoms with Gasteiger partial charge in [-0.2, -0.15) is 4.31 Å². The summed E-state index contributed by atoms with van der Waals surface area (Å²) in [7, 11) is -3.54. The van der Waals surface area contributed by atoms with Gasteiger partial charge in [0.15, 0.2) is 5.11 Å². The van der Waals surface area contributed by atoms with E-state index in [0.29, 0.717) is 37.1 Å². The molecule has 1 aliphatic heterocycles. The van der Waals surface area contributed by atoms with Crippen molar-refractivity contribution in [1.29, 1.82) is 0 Å². The first-order valence-corrected chi connectivity index (χ1v) is 10.5. The summed E-state index contributed by atoms with van der Waals surface area (Å²) >= 11 is 5.38. The second-order valence-electron chi connectivity index (χ2n) is 6.37. The zero-order valence-electron chi connectivity index (χ0n) is 15.4. The number of sulfonamides is 1. The molecule has 0 unspecified atom stereocenters. The van der Waals surface area contributed by atoms with E-state index in [2.05, 4.69) is 10.6 Å². The van der Waals surface area contributed by atoms with Crippen LogP contribution in [0.25, 0.3) is 0 Å². The minimum Gasteiger partial charge on any atom is -0.379 e. The minimum absolute atomic E-state index is 0.240. The molecular formula is C19H23N3O3S2. The second-order valence-corrected chi connectivity index (χ2v) is 8.72. The van der Waals surface area contributed by atoms with E-state index < -0.39 is 10.0 Å². The zero-order chi connectivity index (χ0) is 19.4. The summed E-state index contributed by atoms with van der Waals surface area (Å²) in [6.45, 7) is 5.63. The number of rotatable bonds is 4. The van der Waals surface area contributed by atoms with Gasteiger partial charge >= 0.3 is 0 Å². The van der Waals surface area contributed by atoms with E-state index in [4.69, 9.17) is 17.0 Å². The molecule has 144 valence electrons. The van der Waals surface area contributed by atoms with Gasteiger partial charge in [0.05, 0.1) is 18.1 Å². The molecule has 0 amide bonds. The third-order valence-electron chi connectivity index (χ3n) is 4.55. The smallest absolute Gasteiger partial charge is 0.243 e. The molecule has 0 aromatic heterocycles. The number of aryl methyl sites for hydroxylation is 1. The molecular weight excluding hydrogens is 382 g/mol. The van der Waals surface area contributed by atoms with Crippen molar-refractivity contribution in [3.63, 3.8) is 0 Å². The predicted octanol–water partition coefficient (Wildman–Crippen LogP) is 3.13. The van der Waals surface area contributed by atoms with Gasteiger partial charge in [0, 0.05) is 24.5 Å². The molecule has 1 fully saturated rings. The molecule has 1 aliphatic rings.